The van der Waals surface area contributed by atoms with Gasteiger partial charge < -0.3 is 15.2 Å². The number of rotatable bonds is 7. The van der Waals surface area contributed by atoms with Crippen LogP contribution in [0.25, 0.3) is 0 Å². The van der Waals surface area contributed by atoms with Crippen LogP contribution in [0.2, 0.25) is 0 Å². The largest absolute Gasteiger partial charge is 0.357 e. The predicted molar refractivity (Wildman–Crippen MR) is 111 cm³/mol. The van der Waals surface area contributed by atoms with Crippen molar-refractivity contribution in [3.63, 3.8) is 0 Å². The molecule has 0 amide bonds. The monoisotopic (exact) mass is 371 g/mol. The molecule has 3 rings (SSSR count). The third-order valence-corrected chi connectivity index (χ3v) is 5.95. The number of hydrogen-bond donors (Lipinski definition) is 2. The minimum Gasteiger partial charge on any atom is -0.357 e. The van der Waals surface area contributed by atoms with E-state index in [0.29, 0.717) is 6.54 Å². The second kappa shape index (κ2) is 9.67. The summed E-state index contributed by atoms with van der Waals surface area (Å²) in [5.41, 5.74) is 2.51. The summed E-state index contributed by atoms with van der Waals surface area (Å²) in [5, 5.41) is 7.57. The standard InChI is InChI=1S/C20H29N5S/c1-3-21-20(24-14-19-8-5-11-26-19)23-13-17-6-4-7-18(12-17)15-25-10-9-22-16(25)2/h4,6-7,9-10,12,19H,3,5,8,11,13-15H2,1-2H3,(H2,21,23,24). The lowest BCUT2D eigenvalue weighted by molar-refractivity contribution is 0.727. The van der Waals surface area contributed by atoms with Crippen LogP contribution in [0.15, 0.2) is 41.7 Å². The fourth-order valence-electron chi connectivity index (χ4n) is 3.12. The summed E-state index contributed by atoms with van der Waals surface area (Å²) in [6.45, 7) is 7.55. The Kier molecular flexibility index (Phi) is 7.00. The average Bonchev–Trinajstić information content (AvgIpc) is 3.30. The molecule has 0 bridgehead atoms. The van der Waals surface area contributed by atoms with E-state index in [9.17, 15) is 0 Å². The fraction of sp³-hybridized carbons (Fsp3) is 0.500. The Balaban J connectivity index is 1.59. The minimum atomic E-state index is 0.684. The molecular formula is C20H29N5S. The maximum absolute atomic E-state index is 4.77. The number of aromatic nitrogens is 2. The van der Waals surface area contributed by atoms with Gasteiger partial charge in [0.1, 0.15) is 5.82 Å². The fourth-order valence-corrected chi connectivity index (χ4v) is 4.32. The van der Waals surface area contributed by atoms with E-state index in [4.69, 9.17) is 4.99 Å². The van der Waals surface area contributed by atoms with E-state index in [0.717, 1.165) is 36.7 Å². The molecule has 2 N–H and O–H groups in total. The third-order valence-electron chi connectivity index (χ3n) is 4.55. The van der Waals surface area contributed by atoms with Crippen molar-refractivity contribution in [3.05, 3.63) is 53.6 Å². The molecular weight excluding hydrogens is 342 g/mol. The number of guanidine groups is 1. The van der Waals surface area contributed by atoms with E-state index in [1.807, 2.05) is 19.3 Å². The first-order valence-electron chi connectivity index (χ1n) is 9.44. The lowest BCUT2D eigenvalue weighted by Crippen LogP contribution is -2.40. The Labute approximate surface area is 160 Å². The topological polar surface area (TPSA) is 54.2 Å². The normalized spacial score (nSPS) is 17.5. The van der Waals surface area contributed by atoms with Crippen LogP contribution < -0.4 is 10.6 Å². The SMILES string of the molecule is CCNC(=NCc1cccc(Cn2ccnc2C)c1)NCC1CCCS1. The van der Waals surface area contributed by atoms with Gasteiger partial charge in [-0.05, 0) is 43.6 Å². The molecule has 0 radical (unpaired) electrons. The summed E-state index contributed by atoms with van der Waals surface area (Å²) in [5.74, 6) is 3.25. The molecule has 26 heavy (non-hydrogen) atoms. The molecule has 1 saturated heterocycles. The Morgan fingerprint density at radius 1 is 1.35 bits per heavy atom. The summed E-state index contributed by atoms with van der Waals surface area (Å²) in [6, 6.07) is 8.65. The molecule has 0 spiro atoms. The third kappa shape index (κ3) is 5.53. The van der Waals surface area contributed by atoms with Crippen molar-refractivity contribution < 1.29 is 0 Å². The first-order chi connectivity index (χ1) is 12.7. The lowest BCUT2D eigenvalue weighted by atomic mass is 10.1. The molecule has 0 saturated carbocycles. The van der Waals surface area contributed by atoms with E-state index in [1.165, 1.54) is 29.7 Å². The minimum absolute atomic E-state index is 0.684. The summed E-state index contributed by atoms with van der Waals surface area (Å²) in [7, 11) is 0. The second-order valence-electron chi connectivity index (χ2n) is 6.63. The first-order valence-corrected chi connectivity index (χ1v) is 10.5. The van der Waals surface area contributed by atoms with E-state index < -0.39 is 0 Å². The Bertz CT molecular complexity index is 718. The highest BCUT2D eigenvalue weighted by Gasteiger charge is 2.15. The van der Waals surface area contributed by atoms with Crippen molar-refractivity contribution in [1.82, 2.24) is 20.2 Å². The van der Waals surface area contributed by atoms with Crippen LogP contribution >= 0.6 is 11.8 Å². The van der Waals surface area contributed by atoms with E-state index in [-0.39, 0.29) is 0 Å². The van der Waals surface area contributed by atoms with Crippen LogP contribution in [0.1, 0.15) is 36.7 Å². The number of thioether (sulfide) groups is 1. The van der Waals surface area contributed by atoms with Crippen molar-refractivity contribution in [2.75, 3.05) is 18.8 Å². The van der Waals surface area contributed by atoms with Crippen LogP contribution in [0, 0.1) is 6.92 Å². The molecule has 6 heteroatoms. The molecule has 2 aromatic rings. The molecule has 1 atom stereocenters. The van der Waals surface area contributed by atoms with Crippen LogP contribution in [0.3, 0.4) is 0 Å². The highest BCUT2D eigenvalue weighted by atomic mass is 32.2. The van der Waals surface area contributed by atoms with Crippen LogP contribution in [0.4, 0.5) is 0 Å². The maximum atomic E-state index is 4.77. The number of aliphatic imine (C=N–C) groups is 1. The Hall–Kier alpha value is -1.95. The van der Waals surface area contributed by atoms with E-state index >= 15 is 0 Å². The molecule has 0 aliphatic carbocycles. The van der Waals surface area contributed by atoms with E-state index in [2.05, 4.69) is 63.1 Å². The highest BCUT2D eigenvalue weighted by Crippen LogP contribution is 2.25. The van der Waals surface area contributed by atoms with Gasteiger partial charge in [0.15, 0.2) is 5.96 Å². The molecule has 2 heterocycles. The lowest BCUT2D eigenvalue weighted by Gasteiger charge is -2.14. The molecule has 5 nitrogen and oxygen atoms in total. The van der Waals surface area contributed by atoms with E-state index in [1.54, 1.807) is 0 Å². The van der Waals surface area contributed by atoms with Crippen LogP contribution in [0.5, 0.6) is 0 Å². The van der Waals surface area contributed by atoms with Crippen molar-refractivity contribution >= 4 is 17.7 Å². The second-order valence-corrected chi connectivity index (χ2v) is 8.04. The zero-order valence-electron chi connectivity index (χ0n) is 15.7. The van der Waals surface area contributed by atoms with Gasteiger partial charge in [-0.1, -0.05) is 24.3 Å². The Morgan fingerprint density at radius 3 is 2.96 bits per heavy atom. The zero-order valence-corrected chi connectivity index (χ0v) is 16.6. The van der Waals surface area contributed by atoms with Gasteiger partial charge >= 0.3 is 0 Å². The predicted octanol–water partition coefficient (Wildman–Crippen LogP) is 3.19. The summed E-state index contributed by atoms with van der Waals surface area (Å²) >= 11 is 2.07. The number of nitrogens with zero attached hydrogens (tertiary/aromatic N) is 3. The Morgan fingerprint density at radius 2 is 2.23 bits per heavy atom. The molecule has 1 fully saturated rings. The highest BCUT2D eigenvalue weighted by molar-refractivity contribution is 8.00. The average molecular weight is 372 g/mol. The molecule has 1 unspecified atom stereocenters. The maximum Gasteiger partial charge on any atom is 0.191 e. The van der Waals surface area contributed by atoms with Crippen molar-refractivity contribution in [3.8, 4) is 0 Å². The quantitative estimate of drug-likeness (QED) is 0.580. The number of benzene rings is 1. The summed E-state index contributed by atoms with van der Waals surface area (Å²) < 4.78 is 2.16. The number of hydrogen-bond acceptors (Lipinski definition) is 3. The van der Waals surface area contributed by atoms with Crippen LogP contribution in [-0.4, -0.2) is 39.6 Å². The number of imidazole rings is 1. The van der Waals surface area contributed by atoms with Crippen LogP contribution in [-0.2, 0) is 13.1 Å². The van der Waals surface area contributed by atoms with Gasteiger partial charge in [0.05, 0.1) is 6.54 Å². The van der Waals surface area contributed by atoms with Gasteiger partial charge in [0, 0.05) is 37.3 Å². The molecule has 1 aliphatic rings. The van der Waals surface area contributed by atoms with Gasteiger partial charge in [-0.25, -0.2) is 9.98 Å². The zero-order chi connectivity index (χ0) is 18.2. The van der Waals surface area contributed by atoms with Gasteiger partial charge in [-0.15, -0.1) is 0 Å². The summed E-state index contributed by atoms with van der Waals surface area (Å²) in [6.07, 6.45) is 6.52. The number of nitrogens with one attached hydrogen (secondary N) is 2. The van der Waals surface area contributed by atoms with Gasteiger partial charge in [0.2, 0.25) is 0 Å². The van der Waals surface area contributed by atoms with Crippen molar-refractivity contribution in [2.45, 2.75) is 45.0 Å². The number of aryl methyl sites for hydroxylation is 1. The van der Waals surface area contributed by atoms with Gasteiger partial charge in [-0.2, -0.15) is 11.8 Å². The molecule has 1 aliphatic heterocycles. The molecule has 1 aromatic heterocycles. The van der Waals surface area contributed by atoms with Crippen molar-refractivity contribution in [1.29, 1.82) is 0 Å². The molecule has 1 aromatic carbocycles. The van der Waals surface area contributed by atoms with Gasteiger partial charge in [0.25, 0.3) is 0 Å². The summed E-state index contributed by atoms with van der Waals surface area (Å²) in [4.78, 5) is 9.06. The van der Waals surface area contributed by atoms with Crippen molar-refractivity contribution in [2.24, 2.45) is 4.99 Å². The first kappa shape index (κ1) is 18.8. The van der Waals surface area contributed by atoms with Gasteiger partial charge in [-0.3, -0.25) is 0 Å². The molecule has 140 valence electrons. The smallest absolute Gasteiger partial charge is 0.191 e.